The smallest absolute Gasteiger partial charge is 0.635 e. The maximum absolute atomic E-state index is 10.7. The molecule has 4 heterocycles. The van der Waals surface area contributed by atoms with Crippen LogP contribution in [0.15, 0.2) is 71.2 Å². The normalized spacial score (nSPS) is 9.88. The Balaban J connectivity index is 0. The standard InChI is InChI=1S/C10H6N4O2S.C10H7N3S.CH4.K.HNO3.H2O4S.2H2/c15-14(16)6-1-2-8-7(3-6)10(13-12-8)9-4-11-5-17-9;1-2-4-8-7(3-1)10(13-12-8)9-5-11-6-14-9;;;2-1-4-3;1-5(2,3)4;;/h1-5H,(H,12,13);1-6H,(H,12,13);1H4;;3H;(H2,1,2,3,4);2*1H/q;;;+1;;;;/p-1. The maximum Gasteiger partial charge on any atom is 1.00 e. The maximum atomic E-state index is 10.7. The minimum Gasteiger partial charge on any atom is -0.635 e. The molecular formula is C21H23KN8O9S3. The zero-order chi connectivity index (χ0) is 29.1. The second kappa shape index (κ2) is 17.8. The van der Waals surface area contributed by atoms with E-state index in [1.54, 1.807) is 29.1 Å². The predicted octanol–water partition coefficient (Wildman–Crippen LogP) is 1.72. The molecule has 2 aromatic carbocycles. The van der Waals surface area contributed by atoms with Crippen LogP contribution in [0.1, 0.15) is 10.3 Å². The molecule has 0 spiro atoms. The number of H-pyrrole nitrogens is 2. The van der Waals surface area contributed by atoms with E-state index in [0.29, 0.717) is 5.69 Å². The van der Waals surface area contributed by atoms with Gasteiger partial charge in [0.2, 0.25) is 0 Å². The van der Waals surface area contributed by atoms with Gasteiger partial charge in [-0.2, -0.15) is 18.6 Å². The van der Waals surface area contributed by atoms with Crippen molar-refractivity contribution in [2.45, 2.75) is 7.43 Å². The number of nitrogens with zero attached hydrogens (tertiary/aromatic N) is 6. The molecule has 0 amide bonds. The fourth-order valence-corrected chi connectivity index (χ4v) is 4.37. The number of nitrogens with one attached hydrogen (secondary N) is 2. The molecule has 0 saturated heterocycles. The number of nitro benzene ring substituents is 1. The number of rotatable bonds is 4. The third-order valence-corrected chi connectivity index (χ3v) is 6.15. The summed E-state index contributed by atoms with van der Waals surface area (Å²) in [6, 6.07) is 12.7. The first-order valence-corrected chi connectivity index (χ1v) is 13.4. The second-order valence-corrected chi connectivity index (χ2v) is 9.67. The molecule has 0 radical (unpaired) electrons. The summed E-state index contributed by atoms with van der Waals surface area (Å²) in [6.07, 6.45) is 3.53. The molecule has 0 aliphatic carbocycles. The SMILES string of the molecule is C.O=NO[O-].O=S(=O)(O)O.O=[N+]([O-])c1ccc2[nH]nc(-c3cncs3)c2c1.[HH].[HH].[K+].c1ccc2c(-c3cncs3)n[nH]c2c1. The van der Waals surface area contributed by atoms with Gasteiger partial charge in [0.05, 0.1) is 36.7 Å². The molecule has 220 valence electrons. The van der Waals surface area contributed by atoms with Gasteiger partial charge < -0.3 is 10.2 Å². The van der Waals surface area contributed by atoms with E-state index >= 15 is 0 Å². The van der Waals surface area contributed by atoms with Gasteiger partial charge in [-0.25, -0.2) is 0 Å². The Hall–Kier alpha value is -3.09. The van der Waals surface area contributed by atoms with Crippen molar-refractivity contribution in [3.05, 3.63) is 80.9 Å². The van der Waals surface area contributed by atoms with E-state index in [4.69, 9.17) is 27.7 Å². The van der Waals surface area contributed by atoms with Crippen LogP contribution in [-0.4, -0.2) is 52.8 Å². The molecule has 4 N–H and O–H groups in total. The first-order valence-electron chi connectivity index (χ1n) is 10.3. The van der Waals surface area contributed by atoms with Crippen molar-refractivity contribution in [3.63, 3.8) is 0 Å². The molecule has 0 aliphatic heterocycles. The van der Waals surface area contributed by atoms with E-state index in [1.165, 1.54) is 28.8 Å². The first kappa shape index (κ1) is 36.9. The Kier molecular flexibility index (Phi) is 15.6. The van der Waals surface area contributed by atoms with Crippen molar-refractivity contribution in [1.82, 2.24) is 30.4 Å². The monoisotopic (exact) mass is 666 g/mol. The Morgan fingerprint density at radius 2 is 1.40 bits per heavy atom. The van der Waals surface area contributed by atoms with Gasteiger partial charge in [-0.1, -0.05) is 25.6 Å². The zero-order valence-corrected chi connectivity index (χ0v) is 26.1. The quantitative estimate of drug-likeness (QED) is 0.0522. The Labute approximate surface area is 290 Å². The summed E-state index contributed by atoms with van der Waals surface area (Å²) < 4.78 is 31.6. The van der Waals surface area contributed by atoms with Crippen molar-refractivity contribution in [3.8, 4) is 21.1 Å². The van der Waals surface area contributed by atoms with Crippen molar-refractivity contribution >= 4 is 60.6 Å². The number of non-ortho nitro benzene ring substituents is 1. The Morgan fingerprint density at radius 1 is 0.929 bits per heavy atom. The molecule has 21 heteroatoms. The number of para-hydroxylation sites is 1. The minimum absolute atomic E-state index is 0. The zero-order valence-electron chi connectivity index (χ0n) is 20.5. The molecule has 6 aromatic rings. The van der Waals surface area contributed by atoms with Gasteiger partial charge in [0.1, 0.15) is 16.7 Å². The summed E-state index contributed by atoms with van der Waals surface area (Å²) in [4.78, 5) is 31.1. The van der Waals surface area contributed by atoms with Gasteiger partial charge in [0.15, 0.2) is 0 Å². The Morgan fingerprint density at radius 3 is 1.86 bits per heavy atom. The van der Waals surface area contributed by atoms with Gasteiger partial charge in [-0.05, 0) is 12.1 Å². The molecule has 0 fully saturated rings. The molecule has 42 heavy (non-hydrogen) atoms. The fourth-order valence-electron chi connectivity index (χ4n) is 3.12. The van der Waals surface area contributed by atoms with Gasteiger partial charge in [0.25, 0.3) is 5.69 Å². The summed E-state index contributed by atoms with van der Waals surface area (Å²) in [5, 5.41) is 36.7. The Bertz CT molecular complexity index is 1800. The van der Waals surface area contributed by atoms with Gasteiger partial charge in [0, 0.05) is 38.2 Å². The number of nitro groups is 1. The first-order chi connectivity index (χ1) is 19.1. The van der Waals surface area contributed by atoms with Gasteiger partial charge >= 0.3 is 61.8 Å². The van der Waals surface area contributed by atoms with Gasteiger partial charge in [-0.15, -0.1) is 27.6 Å². The average molecular weight is 667 g/mol. The molecule has 17 nitrogen and oxygen atoms in total. The van der Waals surface area contributed by atoms with E-state index in [9.17, 15) is 10.1 Å². The molecule has 0 bridgehead atoms. The number of benzene rings is 2. The molecule has 4 aromatic heterocycles. The molecule has 0 saturated carbocycles. The molecule has 6 rings (SSSR count). The fraction of sp³-hybridized carbons (Fsp3) is 0.0476. The molecular weight excluding hydrogens is 644 g/mol. The number of fused-ring (bicyclic) bond motifs is 2. The summed E-state index contributed by atoms with van der Waals surface area (Å²) >= 11 is 3.05. The van der Waals surface area contributed by atoms with Crippen molar-refractivity contribution in [1.29, 1.82) is 0 Å². The van der Waals surface area contributed by atoms with Crippen molar-refractivity contribution in [2.24, 2.45) is 5.34 Å². The molecule has 0 unspecified atom stereocenters. The van der Waals surface area contributed by atoms with Gasteiger partial charge in [-0.3, -0.25) is 39.4 Å². The van der Waals surface area contributed by atoms with E-state index in [0.717, 1.165) is 37.3 Å². The number of thiazole rings is 2. The van der Waals surface area contributed by atoms with E-state index < -0.39 is 15.3 Å². The number of hydrogen-bond donors (Lipinski definition) is 4. The van der Waals surface area contributed by atoms with Crippen LogP contribution in [-0.2, 0) is 15.4 Å². The number of aromatic amines is 2. The largest absolute Gasteiger partial charge is 1.00 e. The number of hydrogen-bond acceptors (Lipinski definition) is 14. The molecule has 0 atom stereocenters. The minimum atomic E-state index is -4.67. The van der Waals surface area contributed by atoms with Crippen LogP contribution < -0.4 is 56.6 Å². The average Bonchev–Trinajstić information content (AvgIpc) is 3.73. The van der Waals surface area contributed by atoms with Crippen LogP contribution in [0.4, 0.5) is 5.69 Å². The summed E-state index contributed by atoms with van der Waals surface area (Å²) in [5.74, 6) is 0. The summed E-state index contributed by atoms with van der Waals surface area (Å²) in [5.41, 5.74) is 7.11. The number of aromatic nitrogens is 6. The van der Waals surface area contributed by atoms with Crippen molar-refractivity contribution in [2.75, 3.05) is 0 Å². The summed E-state index contributed by atoms with van der Waals surface area (Å²) in [7, 11) is -4.67. The van der Waals surface area contributed by atoms with Crippen LogP contribution in [0.3, 0.4) is 0 Å². The predicted molar refractivity (Wildman–Crippen MR) is 153 cm³/mol. The van der Waals surface area contributed by atoms with E-state index in [2.05, 4.69) is 41.4 Å². The van der Waals surface area contributed by atoms with E-state index in [1.807, 2.05) is 29.9 Å². The molecule has 0 aliphatic rings. The second-order valence-electron chi connectivity index (χ2n) is 7.01. The third-order valence-electron chi connectivity index (χ3n) is 4.59. The van der Waals surface area contributed by atoms with Crippen molar-refractivity contribution < 1.29 is 86.9 Å². The van der Waals surface area contributed by atoms with Crippen LogP contribution in [0.25, 0.3) is 42.9 Å². The van der Waals surface area contributed by atoms with Crippen LogP contribution >= 0.6 is 22.7 Å². The van der Waals surface area contributed by atoms with Crippen LogP contribution in [0.2, 0.25) is 0 Å². The van der Waals surface area contributed by atoms with Crippen LogP contribution in [0.5, 0.6) is 0 Å². The third kappa shape index (κ3) is 11.0. The van der Waals surface area contributed by atoms with E-state index in [-0.39, 0.29) is 67.4 Å². The summed E-state index contributed by atoms with van der Waals surface area (Å²) in [6.45, 7) is 0. The van der Waals surface area contributed by atoms with Crippen LogP contribution in [0, 0.1) is 15.0 Å². The topological polar surface area (TPSA) is 263 Å².